The first-order chi connectivity index (χ1) is 10.5. The molecule has 2 amide bonds. The van der Waals surface area contributed by atoms with Crippen molar-refractivity contribution in [3.63, 3.8) is 0 Å². The molecule has 0 radical (unpaired) electrons. The van der Waals surface area contributed by atoms with Crippen molar-refractivity contribution >= 4 is 23.2 Å². The van der Waals surface area contributed by atoms with Gasteiger partial charge >= 0.3 is 0 Å². The molecule has 1 fully saturated rings. The van der Waals surface area contributed by atoms with Gasteiger partial charge in [0.15, 0.2) is 0 Å². The molecule has 1 atom stereocenters. The van der Waals surface area contributed by atoms with Crippen LogP contribution in [0.4, 0.5) is 11.4 Å². The number of nitrogens with one attached hydrogen (secondary N) is 1. The SMILES string of the molecule is C[C@@H]1C(=O)N(C)c2ccc(C(=O)NN)cc2N1C1CCCC1. The minimum absolute atomic E-state index is 0.0930. The Bertz CT molecular complexity index is 610. The molecule has 2 aliphatic rings. The molecule has 0 aromatic heterocycles. The van der Waals surface area contributed by atoms with Gasteiger partial charge in [-0.15, -0.1) is 0 Å². The first-order valence-electron chi connectivity index (χ1n) is 7.75. The number of fused-ring (bicyclic) bond motifs is 1. The molecule has 6 heteroatoms. The van der Waals surface area contributed by atoms with Crippen LogP contribution in [0, 0.1) is 0 Å². The van der Waals surface area contributed by atoms with Gasteiger partial charge in [0.25, 0.3) is 5.91 Å². The highest BCUT2D eigenvalue weighted by atomic mass is 16.2. The first kappa shape index (κ1) is 14.8. The zero-order chi connectivity index (χ0) is 15.9. The second-order valence-corrected chi connectivity index (χ2v) is 6.10. The highest BCUT2D eigenvalue weighted by Gasteiger charge is 2.38. The van der Waals surface area contributed by atoms with Crippen LogP contribution < -0.4 is 21.1 Å². The molecule has 1 heterocycles. The molecule has 0 saturated heterocycles. The third-order valence-electron chi connectivity index (χ3n) is 4.83. The molecule has 0 spiro atoms. The lowest BCUT2D eigenvalue weighted by atomic mass is 10.0. The summed E-state index contributed by atoms with van der Waals surface area (Å²) in [6.07, 6.45) is 4.56. The number of hydrazine groups is 1. The summed E-state index contributed by atoms with van der Waals surface area (Å²) in [4.78, 5) is 28.2. The van der Waals surface area contributed by atoms with Crippen molar-refractivity contribution in [2.75, 3.05) is 16.8 Å². The number of nitrogen functional groups attached to an aromatic ring is 1. The Hall–Kier alpha value is -2.08. The van der Waals surface area contributed by atoms with Crippen LogP contribution in [0.5, 0.6) is 0 Å². The average Bonchev–Trinajstić information content (AvgIpc) is 3.05. The summed E-state index contributed by atoms with van der Waals surface area (Å²) < 4.78 is 0. The van der Waals surface area contributed by atoms with Crippen molar-refractivity contribution < 1.29 is 9.59 Å². The van der Waals surface area contributed by atoms with Crippen molar-refractivity contribution in [3.8, 4) is 0 Å². The molecule has 1 aliphatic heterocycles. The Labute approximate surface area is 130 Å². The zero-order valence-electron chi connectivity index (χ0n) is 13.0. The Morgan fingerprint density at radius 1 is 1.27 bits per heavy atom. The molecule has 0 bridgehead atoms. The summed E-state index contributed by atoms with van der Waals surface area (Å²) in [5, 5.41) is 0. The Morgan fingerprint density at radius 3 is 2.59 bits per heavy atom. The fraction of sp³-hybridized carbons (Fsp3) is 0.500. The van der Waals surface area contributed by atoms with Crippen LogP contribution in [0.1, 0.15) is 43.0 Å². The Kier molecular flexibility index (Phi) is 3.78. The van der Waals surface area contributed by atoms with Crippen LogP contribution in [0.15, 0.2) is 18.2 Å². The highest BCUT2D eigenvalue weighted by molar-refractivity contribution is 6.06. The van der Waals surface area contributed by atoms with E-state index in [0.717, 1.165) is 24.2 Å². The second-order valence-electron chi connectivity index (χ2n) is 6.10. The normalized spacial score (nSPS) is 22.0. The number of hydrogen-bond acceptors (Lipinski definition) is 4. The monoisotopic (exact) mass is 302 g/mol. The van der Waals surface area contributed by atoms with E-state index in [1.54, 1.807) is 18.0 Å². The van der Waals surface area contributed by atoms with E-state index < -0.39 is 0 Å². The minimum Gasteiger partial charge on any atom is -0.355 e. The van der Waals surface area contributed by atoms with Gasteiger partial charge in [-0.25, -0.2) is 5.84 Å². The van der Waals surface area contributed by atoms with Gasteiger partial charge in [0, 0.05) is 18.7 Å². The van der Waals surface area contributed by atoms with E-state index in [4.69, 9.17) is 5.84 Å². The van der Waals surface area contributed by atoms with E-state index in [9.17, 15) is 9.59 Å². The van der Waals surface area contributed by atoms with Crippen molar-refractivity contribution in [3.05, 3.63) is 23.8 Å². The fourth-order valence-corrected chi connectivity index (χ4v) is 3.66. The molecule has 6 nitrogen and oxygen atoms in total. The van der Waals surface area contributed by atoms with Gasteiger partial charge in [-0.1, -0.05) is 12.8 Å². The smallest absolute Gasteiger partial charge is 0.265 e. The summed E-state index contributed by atoms with van der Waals surface area (Å²) in [5.74, 6) is 5.01. The predicted molar refractivity (Wildman–Crippen MR) is 85.7 cm³/mol. The molecule has 1 aromatic carbocycles. The standard InChI is InChI=1S/C16H22N4O2/c1-10-16(22)19(2)13-8-7-11(15(21)18-17)9-14(13)20(10)12-5-3-4-6-12/h7-10,12H,3-6,17H2,1-2H3,(H,18,21)/t10-/m1/s1. The van der Waals surface area contributed by atoms with Gasteiger partial charge in [0.05, 0.1) is 11.4 Å². The molecule has 0 unspecified atom stereocenters. The first-order valence-corrected chi connectivity index (χ1v) is 7.75. The zero-order valence-corrected chi connectivity index (χ0v) is 13.0. The molecule has 3 N–H and O–H groups in total. The summed E-state index contributed by atoms with van der Waals surface area (Å²) in [6, 6.07) is 5.52. The van der Waals surface area contributed by atoms with Crippen LogP contribution in [0.2, 0.25) is 0 Å². The number of carbonyl (C=O) groups is 2. The van der Waals surface area contributed by atoms with Crippen LogP contribution >= 0.6 is 0 Å². The van der Waals surface area contributed by atoms with Gasteiger partial charge in [-0.3, -0.25) is 15.0 Å². The third-order valence-corrected chi connectivity index (χ3v) is 4.83. The largest absolute Gasteiger partial charge is 0.355 e. The van der Waals surface area contributed by atoms with Gasteiger partial charge in [-0.2, -0.15) is 0 Å². The molecule has 3 rings (SSSR count). The van der Waals surface area contributed by atoms with E-state index in [1.807, 2.05) is 19.1 Å². The van der Waals surface area contributed by atoms with E-state index in [1.165, 1.54) is 12.8 Å². The summed E-state index contributed by atoms with van der Waals surface area (Å²) in [7, 11) is 1.78. The maximum atomic E-state index is 12.5. The van der Waals surface area contributed by atoms with Gasteiger partial charge in [0.1, 0.15) is 6.04 Å². The van der Waals surface area contributed by atoms with Gasteiger partial charge in [-0.05, 0) is 38.0 Å². The number of likely N-dealkylation sites (N-methyl/N-ethyl adjacent to an activating group) is 1. The average molecular weight is 302 g/mol. The minimum atomic E-state index is -0.318. The molecule has 118 valence electrons. The number of carbonyl (C=O) groups excluding carboxylic acids is 2. The highest BCUT2D eigenvalue weighted by Crippen LogP contribution is 2.40. The lowest BCUT2D eigenvalue weighted by molar-refractivity contribution is -0.119. The molecule has 1 aliphatic carbocycles. The van der Waals surface area contributed by atoms with Crippen LogP contribution in [-0.2, 0) is 4.79 Å². The maximum Gasteiger partial charge on any atom is 0.265 e. The summed E-state index contributed by atoms with van der Waals surface area (Å²) in [6.45, 7) is 1.94. The summed E-state index contributed by atoms with van der Waals surface area (Å²) in [5.41, 5.74) is 4.48. The number of rotatable bonds is 2. The van der Waals surface area contributed by atoms with E-state index in [0.29, 0.717) is 11.6 Å². The van der Waals surface area contributed by atoms with Crippen molar-refractivity contribution in [1.29, 1.82) is 0 Å². The quantitative estimate of drug-likeness (QED) is 0.492. The Balaban J connectivity index is 2.09. The number of benzene rings is 1. The number of anilines is 2. The topological polar surface area (TPSA) is 78.7 Å². The lowest BCUT2D eigenvalue weighted by Gasteiger charge is -2.43. The van der Waals surface area contributed by atoms with E-state index in [-0.39, 0.29) is 17.9 Å². The van der Waals surface area contributed by atoms with Gasteiger partial charge < -0.3 is 9.80 Å². The number of nitrogens with two attached hydrogens (primary N) is 1. The van der Waals surface area contributed by atoms with E-state index >= 15 is 0 Å². The van der Waals surface area contributed by atoms with Crippen molar-refractivity contribution in [2.45, 2.75) is 44.7 Å². The third kappa shape index (κ3) is 2.23. The molecule has 22 heavy (non-hydrogen) atoms. The molecular weight excluding hydrogens is 280 g/mol. The maximum absolute atomic E-state index is 12.5. The lowest BCUT2D eigenvalue weighted by Crippen LogP contribution is -2.54. The number of hydrogen-bond donors (Lipinski definition) is 2. The number of nitrogens with zero attached hydrogens (tertiary/aromatic N) is 2. The molecule has 1 aromatic rings. The van der Waals surface area contributed by atoms with Crippen molar-refractivity contribution in [2.24, 2.45) is 5.84 Å². The van der Waals surface area contributed by atoms with Crippen molar-refractivity contribution in [1.82, 2.24) is 5.43 Å². The van der Waals surface area contributed by atoms with Gasteiger partial charge in [0.2, 0.25) is 5.91 Å². The molecule has 1 saturated carbocycles. The van der Waals surface area contributed by atoms with Crippen LogP contribution in [0.3, 0.4) is 0 Å². The van der Waals surface area contributed by atoms with Crippen LogP contribution in [0.25, 0.3) is 0 Å². The summed E-state index contributed by atoms with van der Waals surface area (Å²) >= 11 is 0. The Morgan fingerprint density at radius 2 is 1.95 bits per heavy atom. The predicted octanol–water partition coefficient (Wildman–Crippen LogP) is 1.40. The van der Waals surface area contributed by atoms with E-state index in [2.05, 4.69) is 10.3 Å². The van der Waals surface area contributed by atoms with Crippen LogP contribution in [-0.4, -0.2) is 30.9 Å². The second kappa shape index (κ2) is 5.61. The fourth-order valence-electron chi connectivity index (χ4n) is 3.66. The number of amides is 2. The molecular formula is C16H22N4O2.